The Morgan fingerprint density at radius 3 is 1.75 bits per heavy atom. The van der Waals surface area contributed by atoms with Gasteiger partial charge in [-0.1, -0.05) is 0 Å². The Labute approximate surface area is 228 Å². The fourth-order valence-corrected chi connectivity index (χ4v) is 4.76. The number of aliphatic hydroxyl groups excluding tert-OH is 9. The van der Waals surface area contributed by atoms with Crippen LogP contribution >= 0.6 is 0 Å². The van der Waals surface area contributed by atoms with Crippen LogP contribution in [0.25, 0.3) is 0 Å². The lowest BCUT2D eigenvalue weighted by atomic mass is 9.94. The monoisotopic (exact) mass is 586 g/mol. The fourth-order valence-electron chi connectivity index (χ4n) is 4.76. The third kappa shape index (κ3) is 7.23. The molecule has 3 rings (SSSR count). The number of nitrogens with one attached hydrogen (secondary N) is 2. The summed E-state index contributed by atoms with van der Waals surface area (Å²) in [6.07, 6.45) is -20.9. The number of carbonyl (C=O) groups excluding carboxylic acids is 2. The quantitative estimate of drug-likeness (QED) is 0.120. The van der Waals surface area contributed by atoms with E-state index in [9.17, 15) is 55.5 Å². The Morgan fingerprint density at radius 2 is 1.18 bits per heavy atom. The second kappa shape index (κ2) is 14.0. The number of carbonyl (C=O) groups is 2. The molecule has 2 amide bonds. The molecule has 11 N–H and O–H groups in total. The van der Waals surface area contributed by atoms with Crippen LogP contribution in [0.15, 0.2) is 0 Å². The third-order valence-electron chi connectivity index (χ3n) is 6.88. The summed E-state index contributed by atoms with van der Waals surface area (Å²) in [5.74, 6) is -1.30. The van der Waals surface area contributed by atoms with Crippen molar-refractivity contribution in [3.8, 4) is 0 Å². The van der Waals surface area contributed by atoms with Gasteiger partial charge in [-0.05, 0) is 0 Å². The van der Waals surface area contributed by atoms with Crippen LogP contribution in [0.4, 0.5) is 0 Å². The molecule has 0 aromatic rings. The number of ether oxygens (including phenoxy) is 5. The van der Waals surface area contributed by atoms with Crippen molar-refractivity contribution < 1.29 is 79.2 Å². The summed E-state index contributed by atoms with van der Waals surface area (Å²) in [6.45, 7) is 0.144. The summed E-state index contributed by atoms with van der Waals surface area (Å²) in [5.41, 5.74) is 0. The smallest absolute Gasteiger partial charge is 0.217 e. The minimum Gasteiger partial charge on any atom is -0.394 e. The van der Waals surface area contributed by atoms with Gasteiger partial charge in [0.2, 0.25) is 11.8 Å². The normalized spacial score (nSPS) is 46.0. The second-order valence-electron chi connectivity index (χ2n) is 9.85. The van der Waals surface area contributed by atoms with Crippen molar-refractivity contribution in [1.29, 1.82) is 0 Å². The van der Waals surface area contributed by atoms with Crippen LogP contribution in [0.1, 0.15) is 13.8 Å². The zero-order chi connectivity index (χ0) is 29.9. The molecule has 15 atom stereocenters. The van der Waals surface area contributed by atoms with Gasteiger partial charge in [-0.2, -0.15) is 0 Å². The van der Waals surface area contributed by atoms with Gasteiger partial charge in [0.25, 0.3) is 0 Å². The van der Waals surface area contributed by atoms with Crippen LogP contribution in [0, 0.1) is 0 Å². The van der Waals surface area contributed by atoms with E-state index in [1.165, 1.54) is 0 Å². The molecule has 3 saturated heterocycles. The molecule has 0 aliphatic carbocycles. The summed E-state index contributed by atoms with van der Waals surface area (Å²) in [4.78, 5) is 23.6. The Bertz CT molecular complexity index is 852. The third-order valence-corrected chi connectivity index (χ3v) is 6.88. The molecule has 0 radical (unpaired) electrons. The van der Waals surface area contributed by atoms with E-state index in [0.717, 1.165) is 13.8 Å². The predicted octanol–water partition coefficient (Wildman–Crippen LogP) is -7.29. The lowest BCUT2D eigenvalue weighted by molar-refractivity contribution is -0.338. The maximum absolute atomic E-state index is 11.8. The van der Waals surface area contributed by atoms with E-state index >= 15 is 0 Å². The van der Waals surface area contributed by atoms with E-state index in [0.29, 0.717) is 0 Å². The summed E-state index contributed by atoms with van der Waals surface area (Å²) in [5, 5.41) is 96.3. The zero-order valence-electron chi connectivity index (χ0n) is 21.7. The Balaban J connectivity index is 1.81. The van der Waals surface area contributed by atoms with Gasteiger partial charge in [0, 0.05) is 13.8 Å². The van der Waals surface area contributed by atoms with Crippen LogP contribution in [0.3, 0.4) is 0 Å². The molecule has 3 aliphatic rings. The predicted molar refractivity (Wildman–Crippen MR) is 124 cm³/mol. The molecule has 18 heteroatoms. The highest BCUT2D eigenvalue weighted by molar-refractivity contribution is 5.73. The molecule has 3 aliphatic heterocycles. The van der Waals surface area contributed by atoms with Crippen molar-refractivity contribution in [1.82, 2.24) is 10.6 Å². The van der Waals surface area contributed by atoms with E-state index in [4.69, 9.17) is 23.7 Å². The zero-order valence-corrected chi connectivity index (χ0v) is 21.7. The number of aliphatic hydroxyl groups is 9. The van der Waals surface area contributed by atoms with E-state index < -0.39 is 124 Å². The van der Waals surface area contributed by atoms with E-state index in [2.05, 4.69) is 10.6 Å². The molecule has 0 unspecified atom stereocenters. The van der Waals surface area contributed by atoms with Gasteiger partial charge >= 0.3 is 0 Å². The molecule has 0 aromatic heterocycles. The van der Waals surface area contributed by atoms with Crippen molar-refractivity contribution in [2.45, 2.75) is 106 Å². The lowest BCUT2D eigenvalue weighted by Gasteiger charge is -2.48. The van der Waals surface area contributed by atoms with E-state index in [1.54, 1.807) is 0 Å². The molecule has 3 fully saturated rings. The molecular formula is C22H38N2O16. The highest BCUT2D eigenvalue weighted by atomic mass is 16.7. The molecule has 0 bridgehead atoms. The van der Waals surface area contributed by atoms with Gasteiger partial charge in [-0.25, -0.2) is 0 Å². The number of amides is 2. The first-order valence-electron chi connectivity index (χ1n) is 12.6. The molecule has 232 valence electrons. The molecule has 40 heavy (non-hydrogen) atoms. The lowest BCUT2D eigenvalue weighted by Crippen LogP contribution is -2.69. The molecule has 18 nitrogen and oxygen atoms in total. The van der Waals surface area contributed by atoms with Crippen molar-refractivity contribution >= 4 is 11.8 Å². The number of hydrogen-bond donors (Lipinski definition) is 11. The van der Waals surface area contributed by atoms with Crippen LogP contribution < -0.4 is 10.6 Å². The van der Waals surface area contributed by atoms with Crippen molar-refractivity contribution in [3.63, 3.8) is 0 Å². The van der Waals surface area contributed by atoms with Crippen molar-refractivity contribution in [3.05, 3.63) is 0 Å². The van der Waals surface area contributed by atoms with Crippen LogP contribution in [0.5, 0.6) is 0 Å². The average molecular weight is 587 g/mol. The largest absolute Gasteiger partial charge is 0.394 e. The van der Waals surface area contributed by atoms with Gasteiger partial charge in [-0.3, -0.25) is 9.59 Å². The topological polar surface area (TPSA) is 286 Å². The van der Waals surface area contributed by atoms with Crippen LogP contribution in [-0.4, -0.2) is 170 Å². The second-order valence-corrected chi connectivity index (χ2v) is 9.85. The molecule has 0 spiro atoms. The molecule has 0 aromatic carbocycles. The summed E-state index contributed by atoms with van der Waals surface area (Å²) < 4.78 is 27.4. The highest BCUT2D eigenvalue weighted by Crippen LogP contribution is 2.30. The van der Waals surface area contributed by atoms with Crippen molar-refractivity contribution in [2.24, 2.45) is 0 Å². The average Bonchev–Trinajstić information content (AvgIpc) is 2.90. The number of hydrogen-bond acceptors (Lipinski definition) is 16. The van der Waals surface area contributed by atoms with E-state index in [1.807, 2.05) is 0 Å². The SMILES string of the molecule is CC(=O)N[C@@H]1[C@@H](O[C@H]2O[C@H](CO[C@H]3O[C@H](CO)[C@H](O)[C@H](O)[C@H]3O)[C@@H](O)[C@H](O)[C@H]2NC(C)=O)[C@@H](O)[C@@H](CO)O[C@H]1O. The van der Waals surface area contributed by atoms with Gasteiger partial charge in [0.05, 0.1) is 19.8 Å². The van der Waals surface area contributed by atoms with E-state index in [-0.39, 0.29) is 0 Å². The summed E-state index contributed by atoms with van der Waals surface area (Å²) in [7, 11) is 0. The molecule has 0 saturated carbocycles. The number of rotatable bonds is 9. The van der Waals surface area contributed by atoms with Crippen LogP contribution in [-0.2, 0) is 33.3 Å². The first-order chi connectivity index (χ1) is 18.8. The van der Waals surface area contributed by atoms with Gasteiger partial charge in [0.15, 0.2) is 18.9 Å². The maximum Gasteiger partial charge on any atom is 0.217 e. The molecule has 3 heterocycles. The summed E-state index contributed by atoms with van der Waals surface area (Å²) >= 11 is 0. The Kier molecular flexibility index (Phi) is 11.5. The minimum atomic E-state index is -1.77. The minimum absolute atomic E-state index is 0.624. The van der Waals surface area contributed by atoms with Gasteiger partial charge in [-0.15, -0.1) is 0 Å². The van der Waals surface area contributed by atoms with Gasteiger partial charge < -0.3 is 80.3 Å². The first kappa shape index (κ1) is 32.9. The van der Waals surface area contributed by atoms with Crippen LogP contribution in [0.2, 0.25) is 0 Å². The summed E-state index contributed by atoms with van der Waals surface area (Å²) in [6, 6.07) is -2.85. The maximum atomic E-state index is 11.8. The fraction of sp³-hybridized carbons (Fsp3) is 0.909. The first-order valence-corrected chi connectivity index (χ1v) is 12.6. The Morgan fingerprint density at radius 1 is 0.650 bits per heavy atom. The Hall–Kier alpha value is -1.62. The standard InChI is InChI=1S/C22H38N2O16/c1-6(27)23-11-16(32)14(30)10(5-36-22-18(34)17(33)13(29)8(3-25)38-22)39-21(11)40-19-12(24-7(2)28)20(35)37-9(4-26)15(19)31/h8-22,25-26,29-35H,3-5H2,1-2H3,(H,23,27)(H,24,28)/t8-,9-,10-,11-,12-,13+,14-,15+,16-,17+,18-,19-,20-,21-,22+/m1/s1. The highest BCUT2D eigenvalue weighted by Gasteiger charge is 2.52. The van der Waals surface area contributed by atoms with Gasteiger partial charge in [0.1, 0.15) is 73.1 Å². The molecular weight excluding hydrogens is 548 g/mol. The van der Waals surface area contributed by atoms with Crippen molar-refractivity contribution in [2.75, 3.05) is 19.8 Å².